The van der Waals surface area contributed by atoms with Gasteiger partial charge in [-0.1, -0.05) is 17.3 Å². The highest BCUT2D eigenvalue weighted by Gasteiger charge is 2.11. The molecule has 2 aromatic carbocycles. The van der Waals surface area contributed by atoms with E-state index in [0.717, 1.165) is 3.57 Å². The fraction of sp³-hybridized carbons (Fsp3) is 0. The summed E-state index contributed by atoms with van der Waals surface area (Å²) in [7, 11) is 0. The van der Waals surface area contributed by atoms with Crippen LogP contribution in [0.1, 0.15) is 15.9 Å². The number of carbonyl (C=O) groups excluding carboxylic acids is 1. The molecule has 0 aliphatic heterocycles. The molecule has 0 amide bonds. The van der Waals surface area contributed by atoms with Crippen molar-refractivity contribution in [1.82, 2.24) is 0 Å². The van der Waals surface area contributed by atoms with Crippen LogP contribution in [0, 0.1) is 9.39 Å². The fourth-order valence-corrected chi connectivity index (χ4v) is 2.05. The van der Waals surface area contributed by atoms with E-state index >= 15 is 0 Å². The summed E-state index contributed by atoms with van der Waals surface area (Å²) >= 11 is 2.03. The molecule has 0 spiro atoms. The van der Waals surface area contributed by atoms with Gasteiger partial charge in [0, 0.05) is 9.13 Å². The molecule has 102 valence electrons. The summed E-state index contributed by atoms with van der Waals surface area (Å²) in [6.07, 6.45) is 0. The molecule has 6 heteroatoms. The number of amidine groups is 1. The second-order valence-electron chi connectivity index (χ2n) is 3.84. The van der Waals surface area contributed by atoms with Crippen molar-refractivity contribution in [2.45, 2.75) is 0 Å². The zero-order chi connectivity index (χ0) is 14.5. The van der Waals surface area contributed by atoms with Crippen LogP contribution in [0.2, 0.25) is 0 Å². The third-order valence-electron chi connectivity index (χ3n) is 2.46. The lowest BCUT2D eigenvalue weighted by atomic mass is 10.2. The van der Waals surface area contributed by atoms with Gasteiger partial charge >= 0.3 is 5.97 Å². The summed E-state index contributed by atoms with van der Waals surface area (Å²) in [4.78, 5) is 16.6. The van der Waals surface area contributed by atoms with Gasteiger partial charge in [-0.2, -0.15) is 0 Å². The third-order valence-corrected chi connectivity index (χ3v) is 3.40. The number of nitrogens with two attached hydrogens (primary N) is 1. The zero-order valence-corrected chi connectivity index (χ0v) is 12.4. The third kappa shape index (κ3) is 3.53. The summed E-state index contributed by atoms with van der Waals surface area (Å²) in [5.74, 6) is -0.971. The standard InChI is InChI=1S/C14H10FIN2O2/c15-10-7-5-9(6-8-10)13(17)18-20-14(19)11-3-1-2-4-12(11)16/h1-8H,(H2,17,18). The van der Waals surface area contributed by atoms with E-state index in [1.165, 1.54) is 24.3 Å². The fourth-order valence-electron chi connectivity index (χ4n) is 1.44. The lowest BCUT2D eigenvalue weighted by Gasteiger charge is -2.02. The van der Waals surface area contributed by atoms with Gasteiger partial charge in [0.1, 0.15) is 5.82 Å². The number of hydrogen-bond acceptors (Lipinski definition) is 3. The quantitative estimate of drug-likeness (QED) is 0.291. The number of nitrogens with zero attached hydrogens (tertiary/aromatic N) is 1. The molecule has 0 atom stereocenters. The van der Waals surface area contributed by atoms with E-state index in [1.807, 2.05) is 28.7 Å². The normalized spacial score (nSPS) is 11.2. The highest BCUT2D eigenvalue weighted by Crippen LogP contribution is 2.13. The maximum absolute atomic E-state index is 12.8. The molecule has 0 aromatic heterocycles. The lowest BCUT2D eigenvalue weighted by molar-refractivity contribution is 0.0515. The van der Waals surface area contributed by atoms with Gasteiger partial charge in [-0.3, -0.25) is 0 Å². The molecule has 2 rings (SSSR count). The van der Waals surface area contributed by atoms with E-state index < -0.39 is 5.97 Å². The Morgan fingerprint density at radius 1 is 1.15 bits per heavy atom. The number of oxime groups is 1. The molecule has 0 bridgehead atoms. The van der Waals surface area contributed by atoms with Crippen molar-refractivity contribution in [2.24, 2.45) is 10.9 Å². The molecular formula is C14H10FIN2O2. The van der Waals surface area contributed by atoms with Crippen molar-refractivity contribution >= 4 is 34.4 Å². The van der Waals surface area contributed by atoms with Crippen LogP contribution in [0.25, 0.3) is 0 Å². The van der Waals surface area contributed by atoms with Crippen molar-refractivity contribution in [3.63, 3.8) is 0 Å². The summed E-state index contributed by atoms with van der Waals surface area (Å²) in [6, 6.07) is 12.4. The summed E-state index contributed by atoms with van der Waals surface area (Å²) in [5, 5.41) is 3.56. The highest BCUT2D eigenvalue weighted by atomic mass is 127. The summed E-state index contributed by atoms with van der Waals surface area (Å²) in [6.45, 7) is 0. The Labute approximate surface area is 128 Å². The largest absolute Gasteiger partial charge is 0.380 e. The van der Waals surface area contributed by atoms with Gasteiger partial charge < -0.3 is 10.6 Å². The van der Waals surface area contributed by atoms with Gasteiger partial charge in [-0.05, 0) is 59.0 Å². The van der Waals surface area contributed by atoms with E-state index in [1.54, 1.807) is 18.2 Å². The topological polar surface area (TPSA) is 64.7 Å². The highest BCUT2D eigenvalue weighted by molar-refractivity contribution is 14.1. The molecule has 0 aliphatic rings. The molecular weight excluding hydrogens is 374 g/mol. The summed E-state index contributed by atoms with van der Waals surface area (Å²) < 4.78 is 13.5. The maximum atomic E-state index is 12.8. The number of hydrogen-bond donors (Lipinski definition) is 1. The molecule has 0 saturated heterocycles. The van der Waals surface area contributed by atoms with Crippen molar-refractivity contribution in [3.05, 3.63) is 69.0 Å². The average Bonchev–Trinajstić information content (AvgIpc) is 2.45. The molecule has 2 N–H and O–H groups in total. The molecule has 0 radical (unpaired) electrons. The molecule has 0 fully saturated rings. The Bertz CT molecular complexity index is 656. The van der Waals surface area contributed by atoms with Gasteiger partial charge in [0.05, 0.1) is 5.56 Å². The van der Waals surface area contributed by atoms with E-state index in [0.29, 0.717) is 11.1 Å². The molecule has 20 heavy (non-hydrogen) atoms. The zero-order valence-electron chi connectivity index (χ0n) is 10.2. The van der Waals surface area contributed by atoms with Crippen LogP contribution in [0.4, 0.5) is 4.39 Å². The molecule has 0 heterocycles. The molecule has 2 aromatic rings. The van der Waals surface area contributed by atoms with Crippen molar-refractivity contribution in [3.8, 4) is 0 Å². The van der Waals surface area contributed by atoms with Crippen LogP contribution in [-0.2, 0) is 4.84 Å². The number of carbonyl (C=O) groups is 1. The Kier molecular flexibility index (Phi) is 4.67. The Morgan fingerprint density at radius 2 is 1.80 bits per heavy atom. The first-order valence-corrected chi connectivity index (χ1v) is 6.71. The van der Waals surface area contributed by atoms with Crippen molar-refractivity contribution < 1.29 is 14.0 Å². The van der Waals surface area contributed by atoms with Gasteiger partial charge in [-0.15, -0.1) is 0 Å². The molecule has 0 saturated carbocycles. The smallest absolute Gasteiger partial charge is 0.366 e. The average molecular weight is 384 g/mol. The second-order valence-corrected chi connectivity index (χ2v) is 5.00. The predicted molar refractivity (Wildman–Crippen MR) is 81.7 cm³/mol. The minimum absolute atomic E-state index is 0.00397. The molecule has 0 unspecified atom stereocenters. The van der Waals surface area contributed by atoms with Crippen LogP contribution in [-0.4, -0.2) is 11.8 Å². The number of rotatable bonds is 3. The minimum Gasteiger partial charge on any atom is -0.380 e. The first-order valence-electron chi connectivity index (χ1n) is 5.63. The first-order chi connectivity index (χ1) is 9.58. The SMILES string of the molecule is N/C(=N\OC(=O)c1ccccc1I)c1ccc(F)cc1. The maximum Gasteiger partial charge on any atom is 0.366 e. The second kappa shape index (κ2) is 6.47. The van der Waals surface area contributed by atoms with E-state index in [2.05, 4.69) is 5.16 Å². The Hall–Kier alpha value is -1.96. The van der Waals surface area contributed by atoms with Crippen LogP contribution in [0.3, 0.4) is 0 Å². The first kappa shape index (κ1) is 14.4. The summed E-state index contributed by atoms with van der Waals surface area (Å²) in [5.41, 5.74) is 6.54. The van der Waals surface area contributed by atoms with E-state index in [-0.39, 0.29) is 11.7 Å². The van der Waals surface area contributed by atoms with Crippen molar-refractivity contribution in [1.29, 1.82) is 0 Å². The van der Waals surface area contributed by atoms with Crippen LogP contribution in [0.5, 0.6) is 0 Å². The minimum atomic E-state index is -0.597. The van der Waals surface area contributed by atoms with Crippen LogP contribution < -0.4 is 5.73 Å². The lowest BCUT2D eigenvalue weighted by Crippen LogP contribution is -2.15. The molecule has 4 nitrogen and oxygen atoms in total. The van der Waals surface area contributed by atoms with E-state index in [9.17, 15) is 9.18 Å². The Morgan fingerprint density at radius 3 is 2.45 bits per heavy atom. The number of halogens is 2. The van der Waals surface area contributed by atoms with Gasteiger partial charge in [0.15, 0.2) is 5.84 Å². The monoisotopic (exact) mass is 384 g/mol. The molecule has 0 aliphatic carbocycles. The van der Waals surface area contributed by atoms with Crippen LogP contribution in [0.15, 0.2) is 53.7 Å². The van der Waals surface area contributed by atoms with Crippen LogP contribution >= 0.6 is 22.6 Å². The predicted octanol–water partition coefficient (Wildman–Crippen LogP) is 2.91. The van der Waals surface area contributed by atoms with Gasteiger partial charge in [0.2, 0.25) is 0 Å². The number of benzene rings is 2. The van der Waals surface area contributed by atoms with Crippen molar-refractivity contribution in [2.75, 3.05) is 0 Å². The van der Waals surface area contributed by atoms with E-state index in [4.69, 9.17) is 10.6 Å². The van der Waals surface area contributed by atoms with Gasteiger partial charge in [0.25, 0.3) is 0 Å². The Balaban J connectivity index is 2.11. The van der Waals surface area contributed by atoms with Gasteiger partial charge in [-0.25, -0.2) is 9.18 Å².